The standard InChI is InChI=1S/C17H19NO5S/c1-3-22-17(19)13(2)23-15-9-7-8-14(12-15)18-24(20,21)16-10-5-4-6-11-16/h4-13,18H,3H2,1-2H3. The first-order valence-corrected chi connectivity index (χ1v) is 8.92. The molecule has 0 aliphatic carbocycles. The maximum atomic E-state index is 12.3. The molecule has 0 saturated carbocycles. The van der Waals surface area contributed by atoms with Crippen molar-refractivity contribution in [1.29, 1.82) is 0 Å². The molecule has 7 heteroatoms. The Morgan fingerprint density at radius 2 is 1.83 bits per heavy atom. The minimum atomic E-state index is -3.68. The number of anilines is 1. The van der Waals surface area contributed by atoms with Crippen LogP contribution in [0.2, 0.25) is 0 Å². The third-order valence-corrected chi connectivity index (χ3v) is 4.47. The van der Waals surface area contributed by atoms with Crippen LogP contribution in [0.3, 0.4) is 0 Å². The molecule has 0 heterocycles. The zero-order valence-electron chi connectivity index (χ0n) is 13.4. The minimum absolute atomic E-state index is 0.163. The van der Waals surface area contributed by atoms with E-state index >= 15 is 0 Å². The van der Waals surface area contributed by atoms with Gasteiger partial charge < -0.3 is 9.47 Å². The average Bonchev–Trinajstić information content (AvgIpc) is 2.56. The van der Waals surface area contributed by atoms with E-state index in [1.165, 1.54) is 18.2 Å². The Balaban J connectivity index is 2.12. The van der Waals surface area contributed by atoms with Crippen LogP contribution < -0.4 is 9.46 Å². The fraction of sp³-hybridized carbons (Fsp3) is 0.235. The lowest BCUT2D eigenvalue weighted by Gasteiger charge is -2.14. The predicted octanol–water partition coefficient (Wildman–Crippen LogP) is 2.82. The largest absolute Gasteiger partial charge is 0.479 e. The molecule has 6 nitrogen and oxygen atoms in total. The van der Waals surface area contributed by atoms with Crippen LogP contribution in [0.4, 0.5) is 5.69 Å². The second kappa shape index (κ2) is 7.83. The van der Waals surface area contributed by atoms with Crippen LogP contribution in [-0.2, 0) is 19.6 Å². The first-order valence-electron chi connectivity index (χ1n) is 7.43. The molecule has 2 rings (SSSR count). The van der Waals surface area contributed by atoms with Crippen LogP contribution in [-0.4, -0.2) is 27.1 Å². The second-order valence-electron chi connectivity index (χ2n) is 4.96. The van der Waals surface area contributed by atoms with E-state index in [9.17, 15) is 13.2 Å². The van der Waals surface area contributed by atoms with Crippen LogP contribution in [0.1, 0.15) is 13.8 Å². The molecule has 0 spiro atoms. The fourth-order valence-corrected chi connectivity index (χ4v) is 3.03. The number of sulfonamides is 1. The van der Waals surface area contributed by atoms with E-state index in [1.54, 1.807) is 50.2 Å². The van der Waals surface area contributed by atoms with E-state index < -0.39 is 22.1 Å². The van der Waals surface area contributed by atoms with Crippen LogP contribution in [0.25, 0.3) is 0 Å². The van der Waals surface area contributed by atoms with Crippen molar-refractivity contribution < 1.29 is 22.7 Å². The second-order valence-corrected chi connectivity index (χ2v) is 6.64. The molecule has 0 aliphatic rings. The van der Waals surface area contributed by atoms with Crippen molar-refractivity contribution in [3.05, 3.63) is 54.6 Å². The first kappa shape index (κ1) is 17.8. The summed E-state index contributed by atoms with van der Waals surface area (Å²) in [5, 5.41) is 0. The number of esters is 1. The van der Waals surface area contributed by atoms with E-state index in [4.69, 9.17) is 9.47 Å². The molecule has 0 radical (unpaired) electrons. The van der Waals surface area contributed by atoms with Gasteiger partial charge in [-0.1, -0.05) is 24.3 Å². The van der Waals surface area contributed by atoms with Gasteiger partial charge in [0.15, 0.2) is 6.10 Å². The topological polar surface area (TPSA) is 81.7 Å². The summed E-state index contributed by atoms with van der Waals surface area (Å²) in [5.41, 5.74) is 0.340. The zero-order valence-corrected chi connectivity index (χ0v) is 14.2. The van der Waals surface area contributed by atoms with Crippen LogP contribution in [0.15, 0.2) is 59.5 Å². The maximum absolute atomic E-state index is 12.3. The first-order chi connectivity index (χ1) is 11.4. The van der Waals surface area contributed by atoms with E-state index in [1.807, 2.05) is 0 Å². The molecule has 2 aromatic rings. The summed E-state index contributed by atoms with van der Waals surface area (Å²) in [6.45, 7) is 3.55. The van der Waals surface area contributed by atoms with Crippen molar-refractivity contribution in [2.24, 2.45) is 0 Å². The van der Waals surface area contributed by atoms with Crippen molar-refractivity contribution >= 4 is 21.7 Å². The number of carbonyl (C=O) groups is 1. The highest BCUT2D eigenvalue weighted by Crippen LogP contribution is 2.21. The van der Waals surface area contributed by atoms with Gasteiger partial charge in [0.2, 0.25) is 0 Å². The summed E-state index contributed by atoms with van der Waals surface area (Å²) in [6, 6.07) is 14.4. The predicted molar refractivity (Wildman–Crippen MR) is 90.4 cm³/mol. The Kier molecular flexibility index (Phi) is 5.81. The Hall–Kier alpha value is -2.54. The average molecular weight is 349 g/mol. The van der Waals surface area contributed by atoms with Gasteiger partial charge in [-0.15, -0.1) is 0 Å². The molecule has 0 fully saturated rings. The molecule has 1 atom stereocenters. The fourth-order valence-electron chi connectivity index (χ4n) is 1.96. The molecule has 2 aromatic carbocycles. The number of hydrogen-bond donors (Lipinski definition) is 1. The zero-order chi connectivity index (χ0) is 17.6. The van der Waals surface area contributed by atoms with Crippen molar-refractivity contribution in [2.45, 2.75) is 24.8 Å². The maximum Gasteiger partial charge on any atom is 0.347 e. The van der Waals surface area contributed by atoms with Gasteiger partial charge in [-0.05, 0) is 38.1 Å². The molecular weight excluding hydrogens is 330 g/mol. The number of nitrogens with one attached hydrogen (secondary N) is 1. The Morgan fingerprint density at radius 1 is 1.12 bits per heavy atom. The smallest absolute Gasteiger partial charge is 0.347 e. The molecule has 1 unspecified atom stereocenters. The van der Waals surface area contributed by atoms with Gasteiger partial charge in [-0.3, -0.25) is 4.72 Å². The Morgan fingerprint density at radius 3 is 2.50 bits per heavy atom. The lowest BCUT2D eigenvalue weighted by Crippen LogP contribution is -2.26. The van der Waals surface area contributed by atoms with Gasteiger partial charge in [0.05, 0.1) is 17.2 Å². The van der Waals surface area contributed by atoms with Crippen molar-refractivity contribution in [2.75, 3.05) is 11.3 Å². The third kappa shape index (κ3) is 4.73. The molecule has 0 bridgehead atoms. The Bertz CT molecular complexity index is 790. The van der Waals surface area contributed by atoms with Gasteiger partial charge in [-0.2, -0.15) is 0 Å². The van der Waals surface area contributed by atoms with Crippen molar-refractivity contribution in [3.8, 4) is 5.75 Å². The highest BCUT2D eigenvalue weighted by atomic mass is 32.2. The van der Waals surface area contributed by atoms with Crippen LogP contribution >= 0.6 is 0 Å². The lowest BCUT2D eigenvalue weighted by molar-refractivity contribution is -0.150. The molecular formula is C17H19NO5S. The van der Waals surface area contributed by atoms with Crippen LogP contribution in [0.5, 0.6) is 5.75 Å². The normalized spacial score (nSPS) is 12.2. The van der Waals surface area contributed by atoms with Gasteiger partial charge in [0, 0.05) is 6.07 Å². The molecule has 24 heavy (non-hydrogen) atoms. The number of ether oxygens (including phenoxy) is 2. The molecule has 0 aliphatic heterocycles. The number of rotatable bonds is 7. The monoisotopic (exact) mass is 349 g/mol. The van der Waals surface area contributed by atoms with Crippen molar-refractivity contribution in [3.63, 3.8) is 0 Å². The third-order valence-electron chi connectivity index (χ3n) is 3.07. The SMILES string of the molecule is CCOC(=O)C(C)Oc1cccc(NS(=O)(=O)c2ccccc2)c1. The van der Waals surface area contributed by atoms with Gasteiger partial charge in [-0.25, -0.2) is 13.2 Å². The Labute approximate surface area is 141 Å². The molecule has 0 amide bonds. The van der Waals surface area contributed by atoms with Crippen LogP contribution in [0, 0.1) is 0 Å². The molecule has 1 N–H and O–H groups in total. The van der Waals surface area contributed by atoms with Crippen molar-refractivity contribution in [1.82, 2.24) is 0 Å². The molecule has 0 saturated heterocycles. The van der Waals surface area contributed by atoms with E-state index in [2.05, 4.69) is 4.72 Å². The summed E-state index contributed by atoms with van der Waals surface area (Å²) in [5.74, 6) is -0.114. The van der Waals surface area contributed by atoms with E-state index in [0.717, 1.165) is 0 Å². The minimum Gasteiger partial charge on any atom is -0.479 e. The summed E-state index contributed by atoms with van der Waals surface area (Å²) in [4.78, 5) is 11.8. The molecule has 0 aromatic heterocycles. The van der Waals surface area contributed by atoms with E-state index in [0.29, 0.717) is 11.4 Å². The number of carbonyl (C=O) groups excluding carboxylic acids is 1. The van der Waals surface area contributed by atoms with Gasteiger partial charge in [0.1, 0.15) is 5.75 Å². The highest BCUT2D eigenvalue weighted by Gasteiger charge is 2.17. The molecule has 128 valence electrons. The number of hydrogen-bond acceptors (Lipinski definition) is 5. The summed E-state index contributed by atoms with van der Waals surface area (Å²) < 4.78 is 37.4. The highest BCUT2D eigenvalue weighted by molar-refractivity contribution is 7.92. The number of benzene rings is 2. The summed E-state index contributed by atoms with van der Waals surface area (Å²) >= 11 is 0. The quantitative estimate of drug-likeness (QED) is 0.777. The van der Waals surface area contributed by atoms with Gasteiger partial charge in [0.25, 0.3) is 10.0 Å². The summed E-state index contributed by atoms with van der Waals surface area (Å²) in [7, 11) is -3.68. The summed E-state index contributed by atoms with van der Waals surface area (Å²) in [6.07, 6.45) is -0.786. The van der Waals surface area contributed by atoms with E-state index in [-0.39, 0.29) is 11.5 Å². The van der Waals surface area contributed by atoms with Gasteiger partial charge >= 0.3 is 5.97 Å². The lowest BCUT2D eigenvalue weighted by atomic mass is 10.3.